The Hall–Kier alpha value is -1.84. The van der Waals surface area contributed by atoms with E-state index in [0.29, 0.717) is 0 Å². The summed E-state index contributed by atoms with van der Waals surface area (Å²) in [4.78, 5) is 32.6. The highest BCUT2D eigenvalue weighted by atomic mass is 19.4. The van der Waals surface area contributed by atoms with Crippen LogP contribution in [0.1, 0.15) is 0 Å². The Morgan fingerprint density at radius 2 is 1.50 bits per heavy atom. The van der Waals surface area contributed by atoms with E-state index >= 15 is 0 Å². The lowest BCUT2D eigenvalue weighted by atomic mass is 10.2. The lowest BCUT2D eigenvalue weighted by Crippen LogP contribution is -2.51. The number of carbonyl (C=O) groups is 3. The molecule has 0 fully saturated rings. The van der Waals surface area contributed by atoms with Gasteiger partial charge >= 0.3 is 24.1 Å². The van der Waals surface area contributed by atoms with Crippen LogP contribution in [0.4, 0.5) is 13.2 Å². The zero-order chi connectivity index (χ0) is 14.5. The summed E-state index contributed by atoms with van der Waals surface area (Å²) in [5.74, 6) is -5.32. The minimum Gasteiger partial charge on any atom is -0.468 e. The summed E-state index contributed by atoms with van der Waals surface area (Å²) >= 11 is 0. The number of alkyl halides is 3. The summed E-state index contributed by atoms with van der Waals surface area (Å²) in [6.07, 6.45) is -7.57. The quantitative estimate of drug-likeness (QED) is 0.524. The van der Waals surface area contributed by atoms with Crippen molar-refractivity contribution in [2.24, 2.45) is 5.73 Å². The Balaban J connectivity index is 4.98. The maximum atomic E-state index is 11.9. The molecule has 0 aromatic heterocycles. The van der Waals surface area contributed by atoms with Crippen molar-refractivity contribution < 1.29 is 41.8 Å². The lowest BCUT2D eigenvalue weighted by molar-refractivity contribution is -0.209. The van der Waals surface area contributed by atoms with Crippen LogP contribution < -0.4 is 5.73 Å². The van der Waals surface area contributed by atoms with Gasteiger partial charge < -0.3 is 19.9 Å². The molecule has 0 aromatic rings. The first kappa shape index (κ1) is 16.2. The van der Waals surface area contributed by atoms with Crippen molar-refractivity contribution in [1.82, 2.24) is 0 Å². The lowest BCUT2D eigenvalue weighted by Gasteiger charge is -2.20. The van der Waals surface area contributed by atoms with Gasteiger partial charge in [-0.1, -0.05) is 0 Å². The fourth-order valence-electron chi connectivity index (χ4n) is 0.826. The third-order valence-electron chi connectivity index (χ3n) is 1.70. The molecular weight excluding hydrogens is 263 g/mol. The normalized spacial score (nSPS) is 14.3. The average molecular weight is 273 g/mol. The molecule has 2 atom stereocenters. The van der Waals surface area contributed by atoms with Gasteiger partial charge in [-0.3, -0.25) is 4.79 Å². The van der Waals surface area contributed by atoms with Crippen LogP contribution in [0, 0.1) is 0 Å². The fraction of sp³-hybridized carbons (Fsp3) is 0.625. The van der Waals surface area contributed by atoms with Crippen molar-refractivity contribution in [2.45, 2.75) is 18.3 Å². The van der Waals surface area contributed by atoms with Crippen LogP contribution in [0.15, 0.2) is 0 Å². The molecule has 0 aliphatic heterocycles. The van der Waals surface area contributed by atoms with E-state index in [1.165, 1.54) is 0 Å². The van der Waals surface area contributed by atoms with E-state index in [9.17, 15) is 27.6 Å². The van der Waals surface area contributed by atoms with Gasteiger partial charge in [0.05, 0.1) is 14.2 Å². The molecule has 18 heavy (non-hydrogen) atoms. The monoisotopic (exact) mass is 273 g/mol. The maximum absolute atomic E-state index is 11.9. The topological polar surface area (TPSA) is 105 Å². The van der Waals surface area contributed by atoms with Crippen LogP contribution in [0.2, 0.25) is 0 Å². The molecule has 0 bridgehead atoms. The Labute approximate surface area is 99.0 Å². The number of methoxy groups -OCH3 is 2. The molecule has 0 saturated carbocycles. The van der Waals surface area contributed by atoms with Crippen molar-refractivity contribution in [3.63, 3.8) is 0 Å². The van der Waals surface area contributed by atoms with Crippen LogP contribution in [0.3, 0.4) is 0 Å². The minimum absolute atomic E-state index is 0.820. The van der Waals surface area contributed by atoms with E-state index in [-0.39, 0.29) is 0 Å². The molecule has 0 amide bonds. The van der Waals surface area contributed by atoms with Crippen molar-refractivity contribution in [2.75, 3.05) is 14.2 Å². The second-order valence-corrected chi connectivity index (χ2v) is 2.90. The van der Waals surface area contributed by atoms with Crippen LogP contribution in [-0.2, 0) is 28.6 Å². The number of nitrogens with two attached hydrogens (primary N) is 1. The number of rotatable bonds is 4. The zero-order valence-electron chi connectivity index (χ0n) is 9.32. The molecule has 0 saturated heterocycles. The summed E-state index contributed by atoms with van der Waals surface area (Å²) in [6, 6.07) is -1.92. The molecule has 0 spiro atoms. The molecular formula is C8H10F3NO6. The fourth-order valence-corrected chi connectivity index (χ4v) is 0.826. The average Bonchev–Trinajstić information content (AvgIpc) is 2.31. The summed E-state index contributed by atoms with van der Waals surface area (Å²) in [6.45, 7) is 0. The molecule has 7 nitrogen and oxygen atoms in total. The number of carbonyl (C=O) groups excluding carboxylic acids is 3. The maximum Gasteiger partial charge on any atom is 0.490 e. The highest BCUT2D eigenvalue weighted by molar-refractivity contribution is 5.88. The van der Waals surface area contributed by atoms with Crippen molar-refractivity contribution in [1.29, 1.82) is 0 Å². The zero-order valence-corrected chi connectivity index (χ0v) is 9.32. The van der Waals surface area contributed by atoms with E-state index in [4.69, 9.17) is 5.73 Å². The van der Waals surface area contributed by atoms with Crippen LogP contribution in [-0.4, -0.2) is 50.4 Å². The molecule has 0 aliphatic rings. The molecule has 0 radical (unpaired) electrons. The van der Waals surface area contributed by atoms with E-state index in [2.05, 4.69) is 14.2 Å². The first-order chi connectivity index (χ1) is 8.15. The summed E-state index contributed by atoms with van der Waals surface area (Å²) in [7, 11) is 1.71. The molecule has 0 rings (SSSR count). The Bertz CT molecular complexity index is 342. The van der Waals surface area contributed by atoms with E-state index < -0.39 is 36.2 Å². The van der Waals surface area contributed by atoms with E-state index in [1.54, 1.807) is 0 Å². The Morgan fingerprint density at radius 1 is 1.06 bits per heavy atom. The molecule has 10 heteroatoms. The summed E-state index contributed by atoms with van der Waals surface area (Å²) in [5, 5.41) is 0. The Kier molecular flexibility index (Phi) is 5.56. The highest BCUT2D eigenvalue weighted by Gasteiger charge is 2.46. The third kappa shape index (κ3) is 4.20. The first-order valence-electron chi connectivity index (χ1n) is 4.34. The van der Waals surface area contributed by atoms with E-state index in [0.717, 1.165) is 14.2 Å². The van der Waals surface area contributed by atoms with Crippen molar-refractivity contribution in [3.05, 3.63) is 0 Å². The first-order valence-corrected chi connectivity index (χ1v) is 4.34. The van der Waals surface area contributed by atoms with Gasteiger partial charge in [0.1, 0.15) is 0 Å². The second kappa shape index (κ2) is 6.19. The van der Waals surface area contributed by atoms with Gasteiger partial charge in [-0.2, -0.15) is 13.2 Å². The minimum atomic E-state index is -5.33. The second-order valence-electron chi connectivity index (χ2n) is 2.90. The molecule has 0 unspecified atom stereocenters. The van der Waals surface area contributed by atoms with Gasteiger partial charge in [0, 0.05) is 0 Å². The van der Waals surface area contributed by atoms with Crippen LogP contribution in [0.5, 0.6) is 0 Å². The smallest absolute Gasteiger partial charge is 0.468 e. The number of ether oxygens (including phenoxy) is 3. The van der Waals surface area contributed by atoms with Crippen molar-refractivity contribution in [3.8, 4) is 0 Å². The predicted octanol–water partition coefficient (Wildman–Crippen LogP) is -0.866. The number of esters is 3. The van der Waals surface area contributed by atoms with Gasteiger partial charge in [0.2, 0.25) is 6.10 Å². The SMILES string of the molecule is COC(=O)[C@@H](N)[C@@H](OC(=O)C(F)(F)F)C(=O)OC. The molecule has 0 aromatic carbocycles. The standard InChI is InChI=1S/C8H10F3NO6/c1-16-5(13)3(12)4(6(14)17-2)18-7(15)8(9,10)11/h3-4H,12H2,1-2H3/t3-,4+/m0/s1. The van der Waals surface area contributed by atoms with E-state index in [1.807, 2.05) is 0 Å². The number of hydrogen-bond acceptors (Lipinski definition) is 7. The largest absolute Gasteiger partial charge is 0.490 e. The summed E-state index contributed by atoms with van der Waals surface area (Å²) < 4.78 is 47.8. The van der Waals surface area contributed by atoms with Gasteiger partial charge in [-0.25, -0.2) is 9.59 Å². The van der Waals surface area contributed by atoms with Gasteiger partial charge in [-0.15, -0.1) is 0 Å². The van der Waals surface area contributed by atoms with Gasteiger partial charge in [0.15, 0.2) is 6.04 Å². The molecule has 0 heterocycles. The number of halogens is 3. The molecule has 104 valence electrons. The van der Waals surface area contributed by atoms with Gasteiger partial charge in [0.25, 0.3) is 0 Å². The van der Waals surface area contributed by atoms with Crippen molar-refractivity contribution >= 4 is 17.9 Å². The van der Waals surface area contributed by atoms with Crippen LogP contribution >= 0.6 is 0 Å². The summed E-state index contributed by atoms with van der Waals surface area (Å²) in [5.41, 5.74) is 5.12. The Morgan fingerprint density at radius 3 is 1.83 bits per heavy atom. The predicted molar refractivity (Wildman–Crippen MR) is 47.9 cm³/mol. The number of hydrogen-bond donors (Lipinski definition) is 1. The molecule has 2 N–H and O–H groups in total. The third-order valence-corrected chi connectivity index (χ3v) is 1.70. The van der Waals surface area contributed by atoms with Gasteiger partial charge in [-0.05, 0) is 0 Å². The highest BCUT2D eigenvalue weighted by Crippen LogP contribution is 2.18. The van der Waals surface area contributed by atoms with Crippen LogP contribution in [0.25, 0.3) is 0 Å². The molecule has 0 aliphatic carbocycles.